The van der Waals surface area contributed by atoms with E-state index < -0.39 is 24.6 Å². The van der Waals surface area contributed by atoms with Gasteiger partial charge in [0, 0.05) is 24.4 Å². The van der Waals surface area contributed by atoms with Crippen molar-refractivity contribution < 1.29 is 29.3 Å². The van der Waals surface area contributed by atoms with Gasteiger partial charge in [0.15, 0.2) is 0 Å². The average molecular weight is 438 g/mol. The zero-order valence-corrected chi connectivity index (χ0v) is 17.5. The van der Waals surface area contributed by atoms with E-state index >= 15 is 0 Å². The van der Waals surface area contributed by atoms with Crippen LogP contribution in [0.2, 0.25) is 0 Å². The zero-order valence-electron chi connectivity index (χ0n) is 17.5. The van der Waals surface area contributed by atoms with Crippen LogP contribution >= 0.6 is 0 Å². The number of benzene rings is 2. The van der Waals surface area contributed by atoms with E-state index in [1.807, 2.05) is 24.3 Å². The minimum Gasteiger partial charge on any atom is -0.481 e. The number of carboxylic acid groups (broad SMARTS) is 1. The van der Waals surface area contributed by atoms with Gasteiger partial charge in [-0.05, 0) is 35.1 Å². The van der Waals surface area contributed by atoms with Crippen LogP contribution in [0.1, 0.15) is 36.3 Å². The fourth-order valence-electron chi connectivity index (χ4n) is 4.39. The predicted octanol–water partition coefficient (Wildman–Crippen LogP) is 2.26. The summed E-state index contributed by atoms with van der Waals surface area (Å²) in [7, 11) is 0. The fraction of sp³-hybridized carbons (Fsp3) is 0.375. The number of hydrogen-bond donors (Lipinski definition) is 4. The minimum absolute atomic E-state index is 0.00898. The Hall–Kier alpha value is -3.39. The highest BCUT2D eigenvalue weighted by atomic mass is 16.5. The molecule has 2 amide bonds. The molecule has 0 radical (unpaired) electrons. The van der Waals surface area contributed by atoms with Crippen molar-refractivity contribution in [2.75, 3.05) is 13.2 Å². The number of fused-ring (bicyclic) bond motifs is 3. The summed E-state index contributed by atoms with van der Waals surface area (Å²) in [6.45, 7) is 0.129. The SMILES string of the molecule is O=C(O)CC(O)CNC(=O)C1CC(NC(=O)OCC2c3ccccc3-c3ccccc32)C1. The summed E-state index contributed by atoms with van der Waals surface area (Å²) in [5, 5.41) is 23.5. The first-order valence-corrected chi connectivity index (χ1v) is 10.7. The van der Waals surface area contributed by atoms with Crippen molar-refractivity contribution in [3.05, 3.63) is 59.7 Å². The molecule has 1 unspecified atom stereocenters. The topological polar surface area (TPSA) is 125 Å². The van der Waals surface area contributed by atoms with Gasteiger partial charge in [-0.25, -0.2) is 4.79 Å². The third kappa shape index (κ3) is 4.75. The molecule has 32 heavy (non-hydrogen) atoms. The molecule has 8 heteroatoms. The molecule has 4 rings (SSSR count). The maximum Gasteiger partial charge on any atom is 0.407 e. The first-order chi connectivity index (χ1) is 15.4. The van der Waals surface area contributed by atoms with Crippen LogP contribution in [0.15, 0.2) is 48.5 Å². The van der Waals surface area contributed by atoms with Gasteiger partial charge in [0.2, 0.25) is 5.91 Å². The highest BCUT2D eigenvalue weighted by Crippen LogP contribution is 2.44. The Morgan fingerprint density at radius 3 is 2.19 bits per heavy atom. The lowest BCUT2D eigenvalue weighted by atomic mass is 9.79. The van der Waals surface area contributed by atoms with Crippen molar-refractivity contribution >= 4 is 18.0 Å². The van der Waals surface area contributed by atoms with Crippen LogP contribution in [0.25, 0.3) is 11.1 Å². The molecule has 4 N–H and O–H groups in total. The van der Waals surface area contributed by atoms with Crippen LogP contribution in [-0.2, 0) is 14.3 Å². The normalized spacial score (nSPS) is 19.8. The number of amides is 2. The molecule has 0 aromatic heterocycles. The Morgan fingerprint density at radius 1 is 1.00 bits per heavy atom. The Balaban J connectivity index is 1.22. The predicted molar refractivity (Wildman–Crippen MR) is 116 cm³/mol. The number of alkyl carbamates (subject to hydrolysis) is 1. The van der Waals surface area contributed by atoms with Gasteiger partial charge in [0.25, 0.3) is 0 Å². The van der Waals surface area contributed by atoms with E-state index in [4.69, 9.17) is 9.84 Å². The quantitative estimate of drug-likeness (QED) is 0.501. The van der Waals surface area contributed by atoms with E-state index in [2.05, 4.69) is 34.9 Å². The van der Waals surface area contributed by atoms with Crippen LogP contribution in [0.5, 0.6) is 0 Å². The van der Waals surface area contributed by atoms with Gasteiger partial charge in [0.05, 0.1) is 12.5 Å². The molecule has 2 aliphatic carbocycles. The number of aliphatic hydroxyl groups excluding tert-OH is 1. The second kappa shape index (κ2) is 9.40. The second-order valence-corrected chi connectivity index (χ2v) is 8.33. The van der Waals surface area contributed by atoms with E-state index in [1.165, 1.54) is 11.1 Å². The number of nitrogens with one attached hydrogen (secondary N) is 2. The highest BCUT2D eigenvalue weighted by Gasteiger charge is 2.36. The molecule has 8 nitrogen and oxygen atoms in total. The van der Waals surface area contributed by atoms with E-state index in [-0.39, 0.29) is 36.9 Å². The molecular formula is C24H26N2O6. The first-order valence-electron chi connectivity index (χ1n) is 10.7. The highest BCUT2D eigenvalue weighted by molar-refractivity contribution is 5.81. The molecule has 0 bridgehead atoms. The summed E-state index contributed by atoms with van der Waals surface area (Å²) >= 11 is 0. The van der Waals surface area contributed by atoms with Gasteiger partial charge in [-0.1, -0.05) is 48.5 Å². The van der Waals surface area contributed by atoms with Gasteiger partial charge in [-0.2, -0.15) is 0 Å². The monoisotopic (exact) mass is 438 g/mol. The van der Waals surface area contributed by atoms with Crippen molar-refractivity contribution in [2.24, 2.45) is 5.92 Å². The standard InChI is InChI=1S/C24H26N2O6/c27-16(11-22(28)29)12-25-23(30)14-9-15(10-14)26-24(31)32-13-21-19-7-3-1-5-17(19)18-6-2-4-8-20(18)21/h1-8,14-16,21,27H,9-13H2,(H,25,30)(H,26,31)(H,28,29). The molecule has 1 saturated carbocycles. The van der Waals surface area contributed by atoms with E-state index in [9.17, 15) is 19.5 Å². The first kappa shape index (κ1) is 21.8. The van der Waals surface area contributed by atoms with Gasteiger partial charge >= 0.3 is 12.1 Å². The van der Waals surface area contributed by atoms with Gasteiger partial charge < -0.3 is 25.6 Å². The zero-order chi connectivity index (χ0) is 22.7. The maximum absolute atomic E-state index is 12.3. The third-order valence-electron chi connectivity index (χ3n) is 6.10. The average Bonchev–Trinajstić information content (AvgIpc) is 3.06. The minimum atomic E-state index is -1.12. The lowest BCUT2D eigenvalue weighted by Gasteiger charge is -2.34. The third-order valence-corrected chi connectivity index (χ3v) is 6.10. The van der Waals surface area contributed by atoms with Crippen molar-refractivity contribution in [1.29, 1.82) is 0 Å². The summed E-state index contributed by atoms with van der Waals surface area (Å²) < 4.78 is 5.52. The molecular weight excluding hydrogens is 412 g/mol. The summed E-state index contributed by atoms with van der Waals surface area (Å²) in [5.74, 6) is -1.65. The van der Waals surface area contributed by atoms with Gasteiger partial charge in [-0.15, -0.1) is 0 Å². The lowest BCUT2D eigenvalue weighted by molar-refractivity contribution is -0.139. The summed E-state index contributed by atoms with van der Waals surface area (Å²) in [6, 6.07) is 16.1. The molecule has 168 valence electrons. The molecule has 0 spiro atoms. The summed E-state index contributed by atoms with van der Waals surface area (Å²) in [5.41, 5.74) is 4.62. The summed E-state index contributed by atoms with van der Waals surface area (Å²) in [6.07, 6.45) is -1.09. The number of carbonyl (C=O) groups is 3. The number of aliphatic hydroxyl groups is 1. The second-order valence-electron chi connectivity index (χ2n) is 8.33. The van der Waals surface area contributed by atoms with Crippen LogP contribution in [-0.4, -0.2) is 53.5 Å². The fourth-order valence-corrected chi connectivity index (χ4v) is 4.39. The number of carboxylic acids is 1. The van der Waals surface area contributed by atoms with Crippen molar-refractivity contribution in [1.82, 2.24) is 10.6 Å². The molecule has 0 aliphatic heterocycles. The van der Waals surface area contributed by atoms with Crippen LogP contribution in [0.4, 0.5) is 4.79 Å². The van der Waals surface area contributed by atoms with Crippen molar-refractivity contribution in [2.45, 2.75) is 37.3 Å². The Morgan fingerprint density at radius 2 is 1.59 bits per heavy atom. The Bertz CT molecular complexity index is 972. The number of carbonyl (C=O) groups excluding carboxylic acids is 2. The number of aliphatic carboxylic acids is 1. The van der Waals surface area contributed by atoms with Gasteiger partial charge in [-0.3, -0.25) is 9.59 Å². The van der Waals surface area contributed by atoms with E-state index in [0.717, 1.165) is 11.1 Å². The molecule has 2 aromatic rings. The lowest BCUT2D eigenvalue weighted by Crippen LogP contribution is -2.50. The number of ether oxygens (including phenoxy) is 1. The largest absolute Gasteiger partial charge is 0.481 e. The Labute approximate surface area is 185 Å². The Kier molecular flexibility index (Phi) is 6.41. The molecule has 2 aliphatic rings. The van der Waals surface area contributed by atoms with Crippen molar-refractivity contribution in [3.63, 3.8) is 0 Å². The molecule has 1 fully saturated rings. The molecule has 0 saturated heterocycles. The molecule has 2 aromatic carbocycles. The number of hydrogen-bond acceptors (Lipinski definition) is 5. The van der Waals surface area contributed by atoms with Crippen molar-refractivity contribution in [3.8, 4) is 11.1 Å². The van der Waals surface area contributed by atoms with E-state index in [0.29, 0.717) is 12.8 Å². The van der Waals surface area contributed by atoms with Crippen LogP contribution in [0, 0.1) is 5.92 Å². The molecule has 1 atom stereocenters. The van der Waals surface area contributed by atoms with Crippen LogP contribution < -0.4 is 10.6 Å². The van der Waals surface area contributed by atoms with Gasteiger partial charge in [0.1, 0.15) is 6.61 Å². The molecule has 0 heterocycles. The number of rotatable bonds is 8. The summed E-state index contributed by atoms with van der Waals surface area (Å²) in [4.78, 5) is 34.9. The van der Waals surface area contributed by atoms with Crippen LogP contribution in [0.3, 0.4) is 0 Å². The van der Waals surface area contributed by atoms with E-state index in [1.54, 1.807) is 0 Å². The maximum atomic E-state index is 12.3. The smallest absolute Gasteiger partial charge is 0.407 e.